The fourth-order valence-corrected chi connectivity index (χ4v) is 1.49. The maximum absolute atomic E-state index is 10.9. The van der Waals surface area contributed by atoms with Crippen LogP contribution in [0.2, 0.25) is 0 Å². The highest BCUT2D eigenvalue weighted by Crippen LogP contribution is 2.21. The van der Waals surface area contributed by atoms with E-state index in [1.54, 1.807) is 18.2 Å². The van der Waals surface area contributed by atoms with Crippen LogP contribution < -0.4 is 5.73 Å². The van der Waals surface area contributed by atoms with Crippen molar-refractivity contribution >= 4 is 22.9 Å². The van der Waals surface area contributed by atoms with Gasteiger partial charge >= 0.3 is 0 Å². The lowest BCUT2D eigenvalue weighted by molar-refractivity contribution is -0.118. The number of nitrogens with zero attached hydrogens (tertiary/aromatic N) is 5. The number of imidazole rings is 1. The molecule has 0 aliphatic heterocycles. The van der Waals surface area contributed by atoms with Gasteiger partial charge in [-0.25, -0.2) is 4.98 Å². The van der Waals surface area contributed by atoms with Crippen LogP contribution >= 0.6 is 0 Å². The van der Waals surface area contributed by atoms with Crippen molar-refractivity contribution in [1.82, 2.24) is 9.55 Å². The highest BCUT2D eigenvalue weighted by molar-refractivity contribution is 5.81. The van der Waals surface area contributed by atoms with Gasteiger partial charge in [-0.2, -0.15) is 0 Å². The van der Waals surface area contributed by atoms with Crippen molar-refractivity contribution in [2.45, 2.75) is 6.54 Å². The van der Waals surface area contributed by atoms with Crippen LogP contribution in [0.25, 0.3) is 21.5 Å². The van der Waals surface area contributed by atoms with Gasteiger partial charge in [-0.15, -0.1) is 0 Å². The lowest BCUT2D eigenvalue weighted by atomic mass is 10.3. The molecule has 16 heavy (non-hydrogen) atoms. The molecule has 80 valence electrons. The van der Waals surface area contributed by atoms with E-state index in [1.807, 2.05) is 6.07 Å². The molecule has 1 amide bonds. The number of para-hydroxylation sites is 2. The van der Waals surface area contributed by atoms with Gasteiger partial charge < -0.3 is 10.3 Å². The molecule has 0 bridgehead atoms. The fraction of sp³-hybridized carbons (Fsp3) is 0.111. The molecule has 0 unspecified atom stereocenters. The van der Waals surface area contributed by atoms with Crippen molar-refractivity contribution in [2.75, 3.05) is 0 Å². The van der Waals surface area contributed by atoms with Gasteiger partial charge in [-0.1, -0.05) is 12.1 Å². The molecule has 0 saturated heterocycles. The van der Waals surface area contributed by atoms with Gasteiger partial charge in [0.1, 0.15) is 6.54 Å². The molecule has 0 aliphatic carbocycles. The van der Waals surface area contributed by atoms with Crippen LogP contribution in [0.5, 0.6) is 0 Å². The van der Waals surface area contributed by atoms with Crippen LogP contribution in [-0.4, -0.2) is 15.5 Å². The van der Waals surface area contributed by atoms with Crippen molar-refractivity contribution in [3.63, 3.8) is 0 Å². The molecule has 7 nitrogen and oxygen atoms in total. The lowest BCUT2D eigenvalue weighted by Crippen LogP contribution is -2.18. The van der Waals surface area contributed by atoms with E-state index in [9.17, 15) is 4.79 Å². The second-order valence-electron chi connectivity index (χ2n) is 3.14. The Hall–Kier alpha value is -2.53. The summed E-state index contributed by atoms with van der Waals surface area (Å²) in [6.07, 6.45) is 0. The average Bonchev–Trinajstić information content (AvgIpc) is 2.57. The van der Waals surface area contributed by atoms with Gasteiger partial charge in [0, 0.05) is 4.91 Å². The lowest BCUT2D eigenvalue weighted by Gasteiger charge is -2.01. The topological polar surface area (TPSA) is 110 Å². The summed E-state index contributed by atoms with van der Waals surface area (Å²) in [5, 5.41) is 3.42. The number of fused-ring (bicyclic) bond motifs is 1. The first-order valence-corrected chi connectivity index (χ1v) is 4.51. The molecule has 0 fully saturated rings. The summed E-state index contributed by atoms with van der Waals surface area (Å²) < 4.78 is 1.48. The largest absolute Gasteiger partial charge is 0.368 e. The van der Waals surface area contributed by atoms with Crippen molar-refractivity contribution in [3.8, 4) is 0 Å². The van der Waals surface area contributed by atoms with E-state index >= 15 is 0 Å². The van der Waals surface area contributed by atoms with Gasteiger partial charge in [0.15, 0.2) is 5.95 Å². The molecule has 0 saturated carbocycles. The molecular formula is C9H8N6O. The van der Waals surface area contributed by atoms with E-state index in [0.717, 1.165) is 0 Å². The minimum absolute atomic E-state index is 0.0606. The van der Waals surface area contributed by atoms with Gasteiger partial charge in [0.2, 0.25) is 5.91 Å². The van der Waals surface area contributed by atoms with Crippen LogP contribution in [0.3, 0.4) is 0 Å². The number of hydrogen-bond donors (Lipinski definition) is 1. The average molecular weight is 216 g/mol. The molecule has 1 heterocycles. The zero-order valence-electron chi connectivity index (χ0n) is 8.24. The summed E-state index contributed by atoms with van der Waals surface area (Å²) in [6, 6.07) is 7.16. The Labute approximate surface area is 90.1 Å². The maximum atomic E-state index is 10.9. The summed E-state index contributed by atoms with van der Waals surface area (Å²) in [5.41, 5.74) is 14.9. The molecule has 0 aliphatic rings. The number of rotatable bonds is 3. The Balaban J connectivity index is 2.68. The third-order valence-electron chi connectivity index (χ3n) is 2.08. The first-order chi connectivity index (χ1) is 7.72. The second-order valence-corrected chi connectivity index (χ2v) is 3.14. The summed E-state index contributed by atoms with van der Waals surface area (Å²) in [5.74, 6) is -0.375. The maximum Gasteiger partial charge on any atom is 0.237 e. The number of azide groups is 1. The number of carbonyl (C=O) groups excluding carboxylic acids is 1. The van der Waals surface area contributed by atoms with Crippen LogP contribution in [0, 0.1) is 0 Å². The van der Waals surface area contributed by atoms with E-state index in [1.165, 1.54) is 4.57 Å². The zero-order chi connectivity index (χ0) is 11.5. The molecule has 7 heteroatoms. The molecule has 1 aromatic carbocycles. The first-order valence-electron chi connectivity index (χ1n) is 4.51. The normalized spacial score (nSPS) is 10.0. The van der Waals surface area contributed by atoms with Crippen molar-refractivity contribution in [2.24, 2.45) is 10.8 Å². The highest BCUT2D eigenvalue weighted by Gasteiger charge is 2.10. The number of carbonyl (C=O) groups is 1. The molecule has 0 atom stereocenters. The monoisotopic (exact) mass is 216 g/mol. The second kappa shape index (κ2) is 3.92. The van der Waals surface area contributed by atoms with Crippen molar-refractivity contribution < 1.29 is 4.79 Å². The third kappa shape index (κ3) is 1.67. The van der Waals surface area contributed by atoms with Crippen molar-refractivity contribution in [3.05, 3.63) is 34.7 Å². The SMILES string of the molecule is [N-]=[N+]=Nc1nc2ccccc2n1CC(N)=O. The van der Waals surface area contributed by atoms with E-state index in [2.05, 4.69) is 15.0 Å². The molecule has 0 radical (unpaired) electrons. The number of amides is 1. The van der Waals surface area contributed by atoms with E-state index in [4.69, 9.17) is 11.3 Å². The number of aromatic nitrogens is 2. The Morgan fingerprint density at radius 2 is 2.31 bits per heavy atom. The molecule has 0 spiro atoms. The predicted octanol–water partition coefficient (Wildman–Crippen LogP) is 1.46. The Bertz CT molecular complexity index is 595. The third-order valence-corrected chi connectivity index (χ3v) is 2.08. The van der Waals surface area contributed by atoms with Crippen LogP contribution in [-0.2, 0) is 11.3 Å². The van der Waals surface area contributed by atoms with Crippen LogP contribution in [0.15, 0.2) is 29.4 Å². The summed E-state index contributed by atoms with van der Waals surface area (Å²) >= 11 is 0. The molecule has 2 rings (SSSR count). The Morgan fingerprint density at radius 3 is 3.00 bits per heavy atom. The zero-order valence-corrected chi connectivity index (χ0v) is 8.24. The predicted molar refractivity (Wildman–Crippen MR) is 57.7 cm³/mol. The van der Waals surface area contributed by atoms with Gasteiger partial charge in [-0.05, 0) is 22.8 Å². The standard InChI is InChI=1S/C9H8N6O/c10-8(16)5-15-7-4-2-1-3-6(7)12-9(15)13-14-11/h1-4H,5H2,(H2,10,16). The van der Waals surface area contributed by atoms with Crippen LogP contribution in [0.1, 0.15) is 0 Å². The summed E-state index contributed by atoms with van der Waals surface area (Å²) in [7, 11) is 0. The summed E-state index contributed by atoms with van der Waals surface area (Å²) in [6.45, 7) is -0.0606. The Kier molecular flexibility index (Phi) is 2.45. The molecule has 2 aromatic rings. The number of hydrogen-bond acceptors (Lipinski definition) is 3. The smallest absolute Gasteiger partial charge is 0.237 e. The van der Waals surface area contributed by atoms with Gasteiger partial charge in [0.25, 0.3) is 0 Å². The van der Waals surface area contributed by atoms with E-state index < -0.39 is 5.91 Å². The van der Waals surface area contributed by atoms with Gasteiger partial charge in [0.05, 0.1) is 11.0 Å². The quantitative estimate of drug-likeness (QED) is 0.476. The number of nitrogens with two attached hydrogens (primary N) is 1. The molecule has 2 N–H and O–H groups in total. The minimum atomic E-state index is -0.516. The summed E-state index contributed by atoms with van der Waals surface area (Å²) in [4.78, 5) is 17.7. The number of primary amides is 1. The van der Waals surface area contributed by atoms with Crippen LogP contribution in [0.4, 0.5) is 5.95 Å². The Morgan fingerprint density at radius 1 is 1.56 bits per heavy atom. The minimum Gasteiger partial charge on any atom is -0.368 e. The highest BCUT2D eigenvalue weighted by atomic mass is 16.1. The van der Waals surface area contributed by atoms with Crippen molar-refractivity contribution in [1.29, 1.82) is 0 Å². The molecule has 1 aromatic heterocycles. The van der Waals surface area contributed by atoms with E-state index in [-0.39, 0.29) is 12.5 Å². The molecular weight excluding hydrogens is 208 g/mol. The van der Waals surface area contributed by atoms with Gasteiger partial charge in [-0.3, -0.25) is 4.79 Å². The fourth-order valence-electron chi connectivity index (χ4n) is 1.49. The van der Waals surface area contributed by atoms with E-state index in [0.29, 0.717) is 11.0 Å². The number of benzene rings is 1. The first kappa shape index (κ1) is 10.0.